The smallest absolute Gasteiger partial charge is 0.351 e. The van der Waals surface area contributed by atoms with Crippen molar-refractivity contribution in [3.05, 3.63) is 5.28 Å². The Morgan fingerprint density at radius 3 is 2.30 bits per heavy atom. The van der Waals surface area contributed by atoms with Crippen LogP contribution in [0.15, 0.2) is 0 Å². The molecule has 0 aromatic carbocycles. The lowest BCUT2D eigenvalue weighted by Gasteiger charge is -2.20. The highest BCUT2D eigenvalue weighted by Gasteiger charge is 2.30. The highest BCUT2D eigenvalue weighted by Crippen LogP contribution is 2.23. The molecule has 0 aliphatic carbocycles. The van der Waals surface area contributed by atoms with Gasteiger partial charge in [-0.25, -0.2) is 0 Å². The number of halogens is 4. The van der Waals surface area contributed by atoms with E-state index in [2.05, 4.69) is 20.3 Å². The third kappa shape index (κ3) is 5.36. The lowest BCUT2D eigenvalue weighted by atomic mass is 10.2. The predicted molar refractivity (Wildman–Crippen MR) is 72.2 cm³/mol. The van der Waals surface area contributed by atoms with Crippen LogP contribution in [0.5, 0.6) is 0 Å². The molecule has 1 heterocycles. The number of hydrogen-bond donors (Lipinski definition) is 1. The third-order valence-corrected chi connectivity index (χ3v) is 2.72. The number of anilines is 2. The molecular weight excluding hydrogens is 295 g/mol. The minimum atomic E-state index is -4.25. The summed E-state index contributed by atoms with van der Waals surface area (Å²) in [5.74, 6) is 0.389. The van der Waals surface area contributed by atoms with Gasteiger partial charge in [0.1, 0.15) is 0 Å². The van der Waals surface area contributed by atoms with Crippen molar-refractivity contribution in [3.63, 3.8) is 0 Å². The van der Waals surface area contributed by atoms with Gasteiger partial charge < -0.3 is 10.2 Å². The zero-order chi connectivity index (χ0) is 15.3. The topological polar surface area (TPSA) is 53.9 Å². The van der Waals surface area contributed by atoms with Crippen molar-refractivity contribution in [2.45, 2.75) is 39.4 Å². The molecule has 0 aliphatic heterocycles. The Bertz CT molecular complexity index is 437. The van der Waals surface area contributed by atoms with E-state index < -0.39 is 18.6 Å². The molecule has 0 radical (unpaired) electrons. The van der Waals surface area contributed by atoms with Crippen LogP contribution in [0.3, 0.4) is 0 Å². The van der Waals surface area contributed by atoms with E-state index in [1.54, 1.807) is 0 Å². The maximum atomic E-state index is 12.3. The maximum absolute atomic E-state index is 12.3. The van der Waals surface area contributed by atoms with Gasteiger partial charge in [0, 0.05) is 19.1 Å². The summed E-state index contributed by atoms with van der Waals surface area (Å²) in [6, 6.07) is -0.849. The summed E-state index contributed by atoms with van der Waals surface area (Å²) in [4.78, 5) is 13.7. The van der Waals surface area contributed by atoms with Gasteiger partial charge in [-0.2, -0.15) is 28.1 Å². The van der Waals surface area contributed by atoms with Gasteiger partial charge in [0.25, 0.3) is 0 Å². The van der Waals surface area contributed by atoms with Crippen LogP contribution in [-0.2, 0) is 0 Å². The van der Waals surface area contributed by atoms with Crippen molar-refractivity contribution < 1.29 is 13.2 Å². The van der Waals surface area contributed by atoms with Crippen molar-refractivity contribution in [1.82, 2.24) is 15.0 Å². The van der Waals surface area contributed by atoms with Crippen LogP contribution in [-0.4, -0.2) is 40.3 Å². The Hall–Kier alpha value is -1.31. The summed E-state index contributed by atoms with van der Waals surface area (Å²) in [5, 5.41) is 2.54. The van der Waals surface area contributed by atoms with Crippen molar-refractivity contribution in [2.24, 2.45) is 0 Å². The van der Waals surface area contributed by atoms with Gasteiger partial charge in [-0.3, -0.25) is 0 Å². The minimum absolute atomic E-state index is 0.0450. The first-order valence-electron chi connectivity index (χ1n) is 6.25. The summed E-state index contributed by atoms with van der Waals surface area (Å²) >= 11 is 5.77. The van der Waals surface area contributed by atoms with E-state index >= 15 is 0 Å². The van der Waals surface area contributed by atoms with Gasteiger partial charge in [0.2, 0.25) is 17.2 Å². The first-order valence-corrected chi connectivity index (χ1v) is 6.62. The Labute approximate surface area is 120 Å². The second-order valence-electron chi connectivity index (χ2n) is 4.27. The molecule has 5 nitrogen and oxygen atoms in total. The molecule has 0 saturated heterocycles. The van der Waals surface area contributed by atoms with Gasteiger partial charge in [-0.05, 0) is 32.4 Å². The Morgan fingerprint density at radius 2 is 1.80 bits per heavy atom. The van der Waals surface area contributed by atoms with E-state index in [1.165, 1.54) is 6.92 Å². The normalized spacial score (nSPS) is 13.2. The second kappa shape index (κ2) is 6.92. The lowest BCUT2D eigenvalue weighted by Crippen LogP contribution is -2.27. The van der Waals surface area contributed by atoms with E-state index in [0.29, 0.717) is 19.0 Å². The highest BCUT2D eigenvalue weighted by atomic mass is 35.5. The zero-order valence-electron chi connectivity index (χ0n) is 11.5. The molecule has 20 heavy (non-hydrogen) atoms. The first kappa shape index (κ1) is 16.7. The standard InChI is InChI=1S/C11H17ClF3N5/c1-4-20(5-2)10-18-8(12)17-9(19-10)16-7(3)6-11(13,14)15/h7H,4-6H2,1-3H3,(H,16,17,18,19). The van der Waals surface area contributed by atoms with Gasteiger partial charge in [0.05, 0.1) is 6.42 Å². The fourth-order valence-corrected chi connectivity index (χ4v) is 1.83. The summed E-state index contributed by atoms with van der Waals surface area (Å²) in [5.41, 5.74) is 0. The molecular formula is C11H17ClF3N5. The van der Waals surface area contributed by atoms with Crippen LogP contribution in [0.1, 0.15) is 27.2 Å². The molecule has 0 fully saturated rings. The van der Waals surface area contributed by atoms with E-state index in [4.69, 9.17) is 11.6 Å². The molecule has 0 spiro atoms. The van der Waals surface area contributed by atoms with Crippen LogP contribution < -0.4 is 10.2 Å². The van der Waals surface area contributed by atoms with Crippen LogP contribution in [0, 0.1) is 0 Å². The van der Waals surface area contributed by atoms with Gasteiger partial charge in [-0.1, -0.05) is 0 Å². The number of rotatable bonds is 6. The maximum Gasteiger partial charge on any atom is 0.391 e. The highest BCUT2D eigenvalue weighted by molar-refractivity contribution is 6.28. The van der Waals surface area contributed by atoms with Gasteiger partial charge >= 0.3 is 6.18 Å². The number of alkyl halides is 3. The van der Waals surface area contributed by atoms with Crippen LogP contribution in [0.2, 0.25) is 5.28 Å². The fourth-order valence-electron chi connectivity index (χ4n) is 1.67. The van der Waals surface area contributed by atoms with Crippen LogP contribution in [0.25, 0.3) is 0 Å². The van der Waals surface area contributed by atoms with Gasteiger partial charge in [0.15, 0.2) is 0 Å². The molecule has 1 aromatic heterocycles. The van der Waals surface area contributed by atoms with E-state index in [9.17, 15) is 13.2 Å². The average molecular weight is 312 g/mol. The van der Waals surface area contributed by atoms with Crippen molar-refractivity contribution in [1.29, 1.82) is 0 Å². The molecule has 0 aliphatic rings. The van der Waals surface area contributed by atoms with E-state index in [1.807, 2.05) is 18.7 Å². The largest absolute Gasteiger partial charge is 0.391 e. The SMILES string of the molecule is CCN(CC)c1nc(Cl)nc(NC(C)CC(F)(F)F)n1. The fraction of sp³-hybridized carbons (Fsp3) is 0.727. The predicted octanol–water partition coefficient (Wildman–Crippen LogP) is 3.12. The monoisotopic (exact) mass is 311 g/mol. The molecule has 1 N–H and O–H groups in total. The average Bonchev–Trinajstić information content (AvgIpc) is 2.26. The van der Waals surface area contributed by atoms with Crippen molar-refractivity contribution >= 4 is 23.5 Å². The number of aromatic nitrogens is 3. The molecule has 114 valence electrons. The zero-order valence-corrected chi connectivity index (χ0v) is 12.3. The number of nitrogens with zero attached hydrogens (tertiary/aromatic N) is 4. The molecule has 1 aromatic rings. The first-order chi connectivity index (χ1) is 9.25. The number of hydrogen-bond acceptors (Lipinski definition) is 5. The summed E-state index contributed by atoms with van der Waals surface area (Å²) in [7, 11) is 0. The second-order valence-corrected chi connectivity index (χ2v) is 4.60. The molecule has 1 unspecified atom stereocenters. The van der Waals surface area contributed by atoms with Crippen molar-refractivity contribution in [3.8, 4) is 0 Å². The Balaban J connectivity index is 2.85. The third-order valence-electron chi connectivity index (χ3n) is 2.56. The molecule has 1 atom stereocenters. The summed E-state index contributed by atoms with van der Waals surface area (Å²) in [6.45, 7) is 6.56. The molecule has 0 bridgehead atoms. The molecule has 9 heteroatoms. The number of nitrogens with one attached hydrogen (secondary N) is 1. The van der Waals surface area contributed by atoms with Crippen LogP contribution >= 0.6 is 11.6 Å². The minimum Gasteiger partial charge on any atom is -0.351 e. The van der Waals surface area contributed by atoms with E-state index in [-0.39, 0.29) is 11.2 Å². The van der Waals surface area contributed by atoms with Crippen LogP contribution in [0.4, 0.5) is 25.1 Å². The molecule has 1 rings (SSSR count). The Kier molecular flexibility index (Phi) is 5.79. The molecule has 0 saturated carbocycles. The Morgan fingerprint density at radius 1 is 1.20 bits per heavy atom. The van der Waals surface area contributed by atoms with E-state index in [0.717, 1.165) is 0 Å². The summed E-state index contributed by atoms with van der Waals surface area (Å²) < 4.78 is 36.8. The molecule has 0 amide bonds. The summed E-state index contributed by atoms with van der Waals surface area (Å²) in [6.07, 6.45) is -5.22. The quantitative estimate of drug-likeness (QED) is 0.874. The van der Waals surface area contributed by atoms with Crippen molar-refractivity contribution in [2.75, 3.05) is 23.3 Å². The van der Waals surface area contributed by atoms with Gasteiger partial charge in [-0.15, -0.1) is 0 Å². The lowest BCUT2D eigenvalue weighted by molar-refractivity contribution is -0.136.